The Morgan fingerprint density at radius 2 is 2.27 bits per heavy atom. The summed E-state index contributed by atoms with van der Waals surface area (Å²) in [6, 6.07) is 3.25. The van der Waals surface area contributed by atoms with E-state index in [1.165, 1.54) is 6.20 Å². The maximum absolute atomic E-state index is 11.9. The highest BCUT2D eigenvalue weighted by Crippen LogP contribution is 2.16. The van der Waals surface area contributed by atoms with E-state index in [-0.39, 0.29) is 12.5 Å². The van der Waals surface area contributed by atoms with Crippen molar-refractivity contribution in [3.8, 4) is 0 Å². The Labute approximate surface area is 135 Å². The molecule has 2 rings (SSSR count). The second kappa shape index (κ2) is 7.36. The molecule has 0 saturated carbocycles. The predicted octanol–water partition coefficient (Wildman–Crippen LogP) is 0.687. The van der Waals surface area contributed by atoms with Crippen molar-refractivity contribution in [1.82, 2.24) is 14.6 Å². The quantitative estimate of drug-likeness (QED) is 0.790. The van der Waals surface area contributed by atoms with Crippen molar-refractivity contribution in [2.75, 3.05) is 31.5 Å². The molecule has 0 radical (unpaired) electrons. The van der Waals surface area contributed by atoms with Crippen LogP contribution in [-0.2, 0) is 14.8 Å². The zero-order valence-electron chi connectivity index (χ0n) is 12.3. The molecule has 1 amide bonds. The average molecular weight is 347 g/mol. The summed E-state index contributed by atoms with van der Waals surface area (Å²) < 4.78 is 26.4. The molecule has 1 saturated heterocycles. The second-order valence-electron chi connectivity index (χ2n) is 5.10. The first-order valence-corrected chi connectivity index (χ1v) is 8.95. The fraction of sp³-hybridized carbons (Fsp3) is 0.538. The molecule has 0 aromatic carbocycles. The minimum atomic E-state index is -3.29. The van der Waals surface area contributed by atoms with Crippen LogP contribution < -0.4 is 10.0 Å². The van der Waals surface area contributed by atoms with Crippen molar-refractivity contribution < 1.29 is 13.2 Å². The number of hydrogen-bond donors (Lipinski definition) is 2. The van der Waals surface area contributed by atoms with Crippen LogP contribution in [-0.4, -0.2) is 55.6 Å². The molecule has 122 valence electrons. The molecule has 22 heavy (non-hydrogen) atoms. The van der Waals surface area contributed by atoms with Crippen molar-refractivity contribution in [2.24, 2.45) is 0 Å². The molecule has 0 aliphatic carbocycles. The molecule has 7 nitrogen and oxygen atoms in total. The molecule has 1 fully saturated rings. The average Bonchev–Trinajstić information content (AvgIpc) is 2.90. The lowest BCUT2D eigenvalue weighted by molar-refractivity contribution is -0.117. The number of halogens is 1. The first-order chi connectivity index (χ1) is 10.4. The van der Waals surface area contributed by atoms with Crippen LogP contribution >= 0.6 is 11.6 Å². The molecule has 1 aliphatic heterocycles. The summed E-state index contributed by atoms with van der Waals surface area (Å²) in [4.78, 5) is 17.8. The van der Waals surface area contributed by atoms with Crippen LogP contribution in [0.2, 0.25) is 5.02 Å². The van der Waals surface area contributed by atoms with Gasteiger partial charge in [-0.05, 0) is 18.6 Å². The smallest absolute Gasteiger partial charge is 0.239 e. The molecule has 1 atom stereocenters. The Morgan fingerprint density at radius 3 is 2.91 bits per heavy atom. The molecule has 2 N–H and O–H groups in total. The van der Waals surface area contributed by atoms with Crippen molar-refractivity contribution >= 4 is 33.3 Å². The van der Waals surface area contributed by atoms with Crippen LogP contribution in [0.25, 0.3) is 0 Å². The summed E-state index contributed by atoms with van der Waals surface area (Å²) in [5, 5.41) is 2.69. The predicted molar refractivity (Wildman–Crippen MR) is 85.3 cm³/mol. The van der Waals surface area contributed by atoms with E-state index in [4.69, 9.17) is 11.6 Å². The van der Waals surface area contributed by atoms with E-state index in [0.29, 0.717) is 36.9 Å². The van der Waals surface area contributed by atoms with Crippen LogP contribution in [0.15, 0.2) is 18.3 Å². The highest BCUT2D eigenvalue weighted by Gasteiger charge is 2.33. The zero-order chi connectivity index (χ0) is 16.2. The van der Waals surface area contributed by atoms with E-state index >= 15 is 0 Å². The number of amides is 1. The van der Waals surface area contributed by atoms with E-state index in [0.717, 1.165) is 0 Å². The van der Waals surface area contributed by atoms with Gasteiger partial charge >= 0.3 is 0 Å². The molecular formula is C13H19ClN4O3S. The van der Waals surface area contributed by atoms with Crippen molar-refractivity contribution in [3.05, 3.63) is 23.4 Å². The third kappa shape index (κ3) is 4.64. The Hall–Kier alpha value is -1.22. The van der Waals surface area contributed by atoms with Crippen molar-refractivity contribution in [2.45, 2.75) is 18.6 Å². The number of pyridine rings is 1. The number of sulfonamides is 1. The van der Waals surface area contributed by atoms with Gasteiger partial charge in [0.15, 0.2) is 0 Å². The van der Waals surface area contributed by atoms with E-state index in [9.17, 15) is 13.2 Å². The molecule has 1 aliphatic rings. The number of rotatable bonds is 6. The maximum Gasteiger partial charge on any atom is 0.239 e. The van der Waals surface area contributed by atoms with Crippen LogP contribution in [0, 0.1) is 0 Å². The third-order valence-electron chi connectivity index (χ3n) is 3.38. The molecule has 9 heteroatoms. The lowest BCUT2D eigenvalue weighted by Gasteiger charge is -2.15. The lowest BCUT2D eigenvalue weighted by atomic mass is 10.4. The maximum atomic E-state index is 11.9. The summed E-state index contributed by atoms with van der Waals surface area (Å²) in [6.45, 7) is 3.20. The van der Waals surface area contributed by atoms with Crippen LogP contribution in [0.1, 0.15) is 13.3 Å². The Morgan fingerprint density at radius 1 is 1.50 bits per heavy atom. The van der Waals surface area contributed by atoms with Crippen LogP contribution in [0.4, 0.5) is 5.82 Å². The number of nitrogens with zero attached hydrogens (tertiary/aromatic N) is 2. The third-order valence-corrected chi connectivity index (χ3v) is 5.55. The first kappa shape index (κ1) is 17.1. The van der Waals surface area contributed by atoms with Gasteiger partial charge < -0.3 is 5.32 Å². The lowest BCUT2D eigenvalue weighted by Crippen LogP contribution is -2.38. The summed E-state index contributed by atoms with van der Waals surface area (Å²) in [5.41, 5.74) is 0. The topological polar surface area (TPSA) is 91.4 Å². The summed E-state index contributed by atoms with van der Waals surface area (Å²) in [5.74, 6) is 0.196. The Balaban J connectivity index is 1.85. The number of carbonyl (C=O) groups excluding carboxylic acids is 1. The van der Waals surface area contributed by atoms with Crippen LogP contribution in [0.5, 0.6) is 0 Å². The van der Waals surface area contributed by atoms with E-state index in [1.54, 1.807) is 19.1 Å². The number of carbonyl (C=O) groups is 1. The zero-order valence-corrected chi connectivity index (χ0v) is 13.8. The fourth-order valence-corrected chi connectivity index (χ4v) is 3.92. The van der Waals surface area contributed by atoms with Gasteiger partial charge in [-0.3, -0.25) is 9.69 Å². The fourth-order valence-electron chi connectivity index (χ4n) is 2.35. The largest absolute Gasteiger partial charge is 0.310 e. The molecule has 0 bridgehead atoms. The molecular weight excluding hydrogens is 328 g/mol. The van der Waals surface area contributed by atoms with Gasteiger partial charge in [-0.25, -0.2) is 18.1 Å². The van der Waals surface area contributed by atoms with Crippen molar-refractivity contribution in [1.29, 1.82) is 0 Å². The highest BCUT2D eigenvalue weighted by atomic mass is 35.5. The minimum Gasteiger partial charge on any atom is -0.310 e. The molecule has 1 unspecified atom stereocenters. The summed E-state index contributed by atoms with van der Waals surface area (Å²) >= 11 is 5.72. The molecule has 0 spiro atoms. The van der Waals surface area contributed by atoms with Gasteiger partial charge in [0, 0.05) is 25.8 Å². The van der Waals surface area contributed by atoms with E-state index < -0.39 is 15.3 Å². The number of aromatic nitrogens is 1. The van der Waals surface area contributed by atoms with Crippen LogP contribution in [0.3, 0.4) is 0 Å². The van der Waals surface area contributed by atoms with E-state index in [2.05, 4.69) is 15.0 Å². The number of likely N-dealkylation sites (tertiary alicyclic amines) is 1. The van der Waals surface area contributed by atoms with Gasteiger partial charge in [-0.2, -0.15) is 0 Å². The Kier molecular flexibility index (Phi) is 5.74. The number of hydrogen-bond acceptors (Lipinski definition) is 5. The summed E-state index contributed by atoms with van der Waals surface area (Å²) in [6.07, 6.45) is 1.98. The minimum absolute atomic E-state index is 0.141. The van der Waals surface area contributed by atoms with Crippen molar-refractivity contribution in [3.63, 3.8) is 0 Å². The molecule has 1 aromatic rings. The highest BCUT2D eigenvalue weighted by molar-refractivity contribution is 7.90. The monoisotopic (exact) mass is 346 g/mol. The molecule has 2 heterocycles. The molecule has 1 aromatic heterocycles. The van der Waals surface area contributed by atoms with Gasteiger partial charge in [0.2, 0.25) is 15.9 Å². The van der Waals surface area contributed by atoms with Gasteiger partial charge in [-0.15, -0.1) is 0 Å². The number of anilines is 1. The first-order valence-electron chi connectivity index (χ1n) is 7.03. The normalized spacial score (nSPS) is 19.3. The van der Waals surface area contributed by atoms with Gasteiger partial charge in [0.05, 0.1) is 16.8 Å². The second-order valence-corrected chi connectivity index (χ2v) is 7.58. The Bertz CT molecular complexity index is 621. The number of nitrogens with one attached hydrogen (secondary N) is 2. The summed E-state index contributed by atoms with van der Waals surface area (Å²) in [7, 11) is -3.29. The van der Waals surface area contributed by atoms with Gasteiger partial charge in [0.25, 0.3) is 0 Å². The van der Waals surface area contributed by atoms with Gasteiger partial charge in [0.1, 0.15) is 5.82 Å². The van der Waals surface area contributed by atoms with E-state index in [1.807, 2.05) is 4.90 Å². The SMILES string of the molecule is CCNS(=O)(=O)C1CCN(CC(=O)Nc2ccc(Cl)cn2)C1. The van der Waals surface area contributed by atoms with Gasteiger partial charge in [-0.1, -0.05) is 18.5 Å². The standard InChI is InChI=1S/C13H19ClN4O3S/c1-2-16-22(20,21)11-5-6-18(8-11)9-13(19)17-12-4-3-10(14)7-15-12/h3-4,7,11,16H,2,5-6,8-9H2,1H3,(H,15,17,19).